The van der Waals surface area contributed by atoms with E-state index in [2.05, 4.69) is 0 Å². The Balaban J connectivity index is 2.06. The lowest BCUT2D eigenvalue weighted by Crippen LogP contribution is -2.18. The Labute approximate surface area is 163 Å². The molecule has 0 amide bonds. The number of fused-ring (bicyclic) bond motifs is 4. The standard InChI is InChI=1S/C21H11Cl2N3O/c22-12-9-10-13(16(23)11-12)19-24-17-7-3-1-5-14(17)20-25-18-8-4-2-6-15(18)21(27)26(19)20/h1-11H. The molecule has 0 bridgehead atoms. The Bertz CT molecular complexity index is 1430. The first kappa shape index (κ1) is 16.2. The average molecular weight is 392 g/mol. The molecule has 0 unspecified atom stereocenters. The first-order valence-electron chi connectivity index (χ1n) is 8.29. The van der Waals surface area contributed by atoms with Crippen molar-refractivity contribution >= 4 is 50.7 Å². The van der Waals surface area contributed by atoms with E-state index in [4.69, 9.17) is 33.2 Å². The highest BCUT2D eigenvalue weighted by Gasteiger charge is 2.17. The maximum Gasteiger partial charge on any atom is 0.267 e. The summed E-state index contributed by atoms with van der Waals surface area (Å²) in [5, 5.41) is 2.27. The van der Waals surface area contributed by atoms with E-state index in [1.807, 2.05) is 42.5 Å². The van der Waals surface area contributed by atoms with Crippen molar-refractivity contribution in [2.45, 2.75) is 0 Å². The zero-order valence-corrected chi connectivity index (χ0v) is 15.4. The maximum atomic E-state index is 13.3. The van der Waals surface area contributed by atoms with Crippen LogP contribution in [0.5, 0.6) is 0 Å². The van der Waals surface area contributed by atoms with Crippen LogP contribution < -0.4 is 5.56 Å². The third-order valence-corrected chi connectivity index (χ3v) is 5.08. The minimum atomic E-state index is -0.185. The van der Waals surface area contributed by atoms with Gasteiger partial charge in [0.05, 0.1) is 21.4 Å². The van der Waals surface area contributed by atoms with Crippen LogP contribution in [-0.4, -0.2) is 14.4 Å². The van der Waals surface area contributed by atoms with E-state index in [-0.39, 0.29) is 5.56 Å². The summed E-state index contributed by atoms with van der Waals surface area (Å²) in [5.41, 5.74) is 2.36. The third-order valence-electron chi connectivity index (χ3n) is 4.53. The lowest BCUT2D eigenvalue weighted by molar-refractivity contribution is 1.05. The van der Waals surface area contributed by atoms with Crippen LogP contribution in [0.4, 0.5) is 0 Å². The number of halogens is 2. The lowest BCUT2D eigenvalue weighted by atomic mass is 10.1. The van der Waals surface area contributed by atoms with Gasteiger partial charge in [-0.3, -0.25) is 4.79 Å². The van der Waals surface area contributed by atoms with E-state index in [0.29, 0.717) is 38.0 Å². The van der Waals surface area contributed by atoms with Gasteiger partial charge in [0.2, 0.25) is 0 Å². The number of hydrogen-bond donors (Lipinski definition) is 0. The number of benzene rings is 3. The molecule has 4 nitrogen and oxygen atoms in total. The molecular formula is C21H11Cl2N3O. The molecule has 2 heterocycles. The van der Waals surface area contributed by atoms with Crippen LogP contribution in [0.15, 0.2) is 71.5 Å². The van der Waals surface area contributed by atoms with Crippen LogP contribution in [0.2, 0.25) is 10.0 Å². The number of hydrogen-bond acceptors (Lipinski definition) is 3. The van der Waals surface area contributed by atoms with Crippen molar-refractivity contribution in [2.24, 2.45) is 0 Å². The summed E-state index contributed by atoms with van der Waals surface area (Å²) in [7, 11) is 0. The molecule has 5 aromatic rings. The SMILES string of the molecule is O=c1c2ccccc2nc2c3ccccc3nc(-c3ccc(Cl)cc3Cl)n12. The second kappa shape index (κ2) is 6.05. The lowest BCUT2D eigenvalue weighted by Gasteiger charge is -2.13. The van der Waals surface area contributed by atoms with Gasteiger partial charge in [-0.1, -0.05) is 47.5 Å². The predicted octanol–water partition coefficient (Wildman–Crippen LogP) is 5.37. The molecule has 0 spiro atoms. The van der Waals surface area contributed by atoms with Crippen LogP contribution in [0.25, 0.3) is 38.8 Å². The van der Waals surface area contributed by atoms with Crippen molar-refractivity contribution in [3.8, 4) is 11.4 Å². The number of para-hydroxylation sites is 2. The van der Waals surface area contributed by atoms with Gasteiger partial charge in [0.1, 0.15) is 0 Å². The van der Waals surface area contributed by atoms with Crippen molar-refractivity contribution in [1.29, 1.82) is 0 Å². The molecule has 0 saturated carbocycles. The summed E-state index contributed by atoms with van der Waals surface area (Å²) in [4.78, 5) is 22.8. The topological polar surface area (TPSA) is 47.3 Å². The van der Waals surface area contributed by atoms with E-state index >= 15 is 0 Å². The highest BCUT2D eigenvalue weighted by molar-refractivity contribution is 6.36. The van der Waals surface area contributed by atoms with Crippen molar-refractivity contribution < 1.29 is 0 Å². The van der Waals surface area contributed by atoms with Crippen LogP contribution in [0, 0.1) is 0 Å². The fourth-order valence-electron chi connectivity index (χ4n) is 3.29. The van der Waals surface area contributed by atoms with Gasteiger partial charge in [-0.2, -0.15) is 0 Å². The molecular weight excluding hydrogens is 381 g/mol. The number of nitrogens with zero attached hydrogens (tertiary/aromatic N) is 3. The van der Waals surface area contributed by atoms with Crippen LogP contribution >= 0.6 is 23.2 Å². The quantitative estimate of drug-likeness (QED) is 0.285. The van der Waals surface area contributed by atoms with Crippen LogP contribution in [0.1, 0.15) is 0 Å². The molecule has 0 aliphatic heterocycles. The average Bonchev–Trinajstić information content (AvgIpc) is 2.68. The summed E-state index contributed by atoms with van der Waals surface area (Å²) in [5.74, 6) is 0.439. The van der Waals surface area contributed by atoms with Gasteiger partial charge in [-0.05, 0) is 42.5 Å². The van der Waals surface area contributed by atoms with Gasteiger partial charge in [-0.25, -0.2) is 14.4 Å². The normalized spacial score (nSPS) is 11.5. The van der Waals surface area contributed by atoms with Crippen LogP contribution in [0.3, 0.4) is 0 Å². The van der Waals surface area contributed by atoms with Crippen molar-refractivity contribution in [3.63, 3.8) is 0 Å². The van der Waals surface area contributed by atoms with Gasteiger partial charge < -0.3 is 0 Å². The summed E-state index contributed by atoms with van der Waals surface area (Å²) in [6.07, 6.45) is 0. The van der Waals surface area contributed by atoms with Gasteiger partial charge in [0.15, 0.2) is 11.5 Å². The Morgan fingerprint density at radius 3 is 2.19 bits per heavy atom. The van der Waals surface area contributed by atoms with E-state index in [1.165, 1.54) is 4.40 Å². The van der Waals surface area contributed by atoms with Gasteiger partial charge in [0.25, 0.3) is 5.56 Å². The molecule has 5 rings (SSSR count). The van der Waals surface area contributed by atoms with E-state index in [0.717, 1.165) is 10.9 Å². The Kier molecular flexibility index (Phi) is 3.64. The highest BCUT2D eigenvalue weighted by atomic mass is 35.5. The molecule has 0 N–H and O–H groups in total. The Morgan fingerprint density at radius 1 is 0.778 bits per heavy atom. The summed E-state index contributed by atoms with van der Waals surface area (Å²) >= 11 is 12.5. The van der Waals surface area contributed by atoms with E-state index in [1.54, 1.807) is 24.3 Å². The molecule has 0 saturated heterocycles. The minimum absolute atomic E-state index is 0.185. The van der Waals surface area contributed by atoms with Crippen molar-refractivity contribution in [3.05, 3.63) is 87.1 Å². The molecule has 0 aliphatic rings. The van der Waals surface area contributed by atoms with Crippen molar-refractivity contribution in [2.75, 3.05) is 0 Å². The molecule has 2 aromatic heterocycles. The zero-order valence-electron chi connectivity index (χ0n) is 13.9. The van der Waals surface area contributed by atoms with E-state index < -0.39 is 0 Å². The fourth-order valence-corrected chi connectivity index (χ4v) is 3.78. The fraction of sp³-hybridized carbons (Fsp3) is 0. The van der Waals surface area contributed by atoms with Crippen LogP contribution in [-0.2, 0) is 0 Å². The molecule has 0 atom stereocenters. The Hall–Kier alpha value is -2.95. The summed E-state index contributed by atoms with van der Waals surface area (Å²) in [6, 6.07) is 20.0. The molecule has 3 aromatic carbocycles. The Morgan fingerprint density at radius 2 is 1.44 bits per heavy atom. The molecule has 27 heavy (non-hydrogen) atoms. The first-order valence-corrected chi connectivity index (χ1v) is 9.05. The smallest absolute Gasteiger partial charge is 0.267 e. The van der Waals surface area contributed by atoms with Gasteiger partial charge in [0, 0.05) is 16.0 Å². The summed E-state index contributed by atoms with van der Waals surface area (Å²) < 4.78 is 1.53. The monoisotopic (exact) mass is 391 g/mol. The minimum Gasteiger partial charge on any atom is -0.268 e. The number of aromatic nitrogens is 3. The second-order valence-corrected chi connectivity index (χ2v) is 7.01. The molecule has 130 valence electrons. The highest BCUT2D eigenvalue weighted by Crippen LogP contribution is 2.31. The zero-order chi connectivity index (χ0) is 18.5. The molecule has 6 heteroatoms. The predicted molar refractivity (Wildman–Crippen MR) is 110 cm³/mol. The first-order chi connectivity index (χ1) is 13.1. The van der Waals surface area contributed by atoms with Crippen molar-refractivity contribution in [1.82, 2.24) is 14.4 Å². The third kappa shape index (κ3) is 2.49. The largest absolute Gasteiger partial charge is 0.268 e. The molecule has 0 aliphatic carbocycles. The summed E-state index contributed by atoms with van der Waals surface area (Å²) in [6.45, 7) is 0. The second-order valence-electron chi connectivity index (χ2n) is 6.17. The van der Waals surface area contributed by atoms with Gasteiger partial charge >= 0.3 is 0 Å². The molecule has 0 radical (unpaired) electrons. The molecule has 0 fully saturated rings. The van der Waals surface area contributed by atoms with E-state index in [9.17, 15) is 4.79 Å². The maximum absolute atomic E-state index is 13.3. The van der Waals surface area contributed by atoms with Gasteiger partial charge in [-0.15, -0.1) is 0 Å². The number of rotatable bonds is 1.